The van der Waals surface area contributed by atoms with Crippen molar-refractivity contribution >= 4 is 26.6 Å². The fourth-order valence-corrected chi connectivity index (χ4v) is 7.85. The van der Waals surface area contributed by atoms with E-state index in [0.29, 0.717) is 18.3 Å². The summed E-state index contributed by atoms with van der Waals surface area (Å²) in [6, 6.07) is 2.34. The number of alkyl halides is 2. The van der Waals surface area contributed by atoms with Gasteiger partial charge in [-0.3, -0.25) is 0 Å². The molecule has 0 saturated heterocycles. The van der Waals surface area contributed by atoms with E-state index in [1.807, 2.05) is 19.2 Å². The van der Waals surface area contributed by atoms with Gasteiger partial charge in [0.2, 0.25) is 0 Å². The Balaban J connectivity index is 1.40. The van der Waals surface area contributed by atoms with Gasteiger partial charge in [0.25, 0.3) is 5.92 Å². The Bertz CT molecular complexity index is 984. The second kappa shape index (κ2) is 8.40. The molecule has 0 spiro atoms. The van der Waals surface area contributed by atoms with E-state index in [1.165, 1.54) is 0 Å². The van der Waals surface area contributed by atoms with Crippen LogP contribution in [0.3, 0.4) is 0 Å². The molecule has 0 aliphatic heterocycles. The third-order valence-corrected chi connectivity index (χ3v) is 9.56. The van der Waals surface area contributed by atoms with Crippen molar-refractivity contribution in [1.29, 1.82) is 0 Å². The number of hydrogen-bond acceptors (Lipinski definition) is 5. The van der Waals surface area contributed by atoms with E-state index in [1.54, 1.807) is 6.33 Å². The van der Waals surface area contributed by atoms with Gasteiger partial charge in [-0.15, -0.1) is 0 Å². The van der Waals surface area contributed by atoms with Crippen LogP contribution < -0.4 is 4.90 Å². The quantitative estimate of drug-likeness (QED) is 0.683. The predicted octanol–water partition coefficient (Wildman–Crippen LogP) is 4.63. The Morgan fingerprint density at radius 1 is 1.27 bits per heavy atom. The highest BCUT2D eigenvalue weighted by Crippen LogP contribution is 2.43. The number of aromatic amines is 1. The Kier molecular flexibility index (Phi) is 6.01. The molecule has 0 radical (unpaired) electrons. The first-order valence-electron chi connectivity index (χ1n) is 10.9. The number of halogens is 2. The smallest absolute Gasteiger partial charge is 0.250 e. The van der Waals surface area contributed by atoms with Crippen LogP contribution in [-0.2, 0) is 9.73 Å². The largest absolute Gasteiger partial charge is 0.356 e. The van der Waals surface area contributed by atoms with E-state index in [2.05, 4.69) is 31.3 Å². The molecule has 2 saturated carbocycles. The van der Waals surface area contributed by atoms with Crippen LogP contribution in [0, 0.1) is 5.92 Å². The molecule has 1 N–H and O–H groups in total. The minimum atomic E-state index is -2.66. The van der Waals surface area contributed by atoms with Gasteiger partial charge in [-0.1, -0.05) is 6.92 Å². The number of H-pyrrole nitrogens is 1. The van der Waals surface area contributed by atoms with Gasteiger partial charge in [-0.05, 0) is 44.1 Å². The van der Waals surface area contributed by atoms with Crippen molar-refractivity contribution in [3.63, 3.8) is 0 Å². The summed E-state index contributed by atoms with van der Waals surface area (Å²) in [5.41, 5.74) is 0.829. The molecule has 2 aliphatic rings. The lowest BCUT2D eigenvalue weighted by atomic mass is 9.86. The molecule has 1 atom stereocenters. The average molecular weight is 440 g/mol. The van der Waals surface area contributed by atoms with Crippen LogP contribution in [0.15, 0.2) is 23.0 Å². The van der Waals surface area contributed by atoms with Gasteiger partial charge in [-0.2, -0.15) is 0 Å². The van der Waals surface area contributed by atoms with E-state index in [9.17, 15) is 13.0 Å². The molecule has 30 heavy (non-hydrogen) atoms. The molecular weight excluding hydrogens is 408 g/mol. The van der Waals surface area contributed by atoms with Crippen molar-refractivity contribution in [2.45, 2.75) is 69.1 Å². The standard InChI is InChI=1S/C21H31F2N5OS/c1-3-9-27-30(29,17-11-21(22,23)12-17)13-15-4-6-16(7-5-15)28(2)20-18-8-10-24-19(18)25-14-26-20/h8,10,14-17H,3-7,9,11-13H2,1-2H3,(H,24,25,26). The molecule has 0 amide bonds. The number of aromatic nitrogens is 3. The van der Waals surface area contributed by atoms with Crippen molar-refractivity contribution in [1.82, 2.24) is 15.0 Å². The van der Waals surface area contributed by atoms with E-state index >= 15 is 0 Å². The molecule has 166 valence electrons. The van der Waals surface area contributed by atoms with Crippen LogP contribution in [0.5, 0.6) is 0 Å². The van der Waals surface area contributed by atoms with Crippen molar-refractivity contribution in [2.24, 2.45) is 10.3 Å². The zero-order valence-corrected chi connectivity index (χ0v) is 18.5. The van der Waals surface area contributed by atoms with Crippen molar-refractivity contribution < 1.29 is 13.0 Å². The number of anilines is 1. The number of hydrogen-bond donors (Lipinski definition) is 1. The van der Waals surface area contributed by atoms with Gasteiger partial charge in [0.1, 0.15) is 17.8 Å². The Morgan fingerprint density at radius 3 is 2.67 bits per heavy atom. The van der Waals surface area contributed by atoms with Gasteiger partial charge in [0.05, 0.1) is 20.4 Å². The summed E-state index contributed by atoms with van der Waals surface area (Å²) < 4.78 is 44.8. The fraction of sp³-hybridized carbons (Fsp3) is 0.714. The summed E-state index contributed by atoms with van der Waals surface area (Å²) in [5, 5.41) is 0.566. The minimum Gasteiger partial charge on any atom is -0.356 e. The highest BCUT2D eigenvalue weighted by atomic mass is 32.2. The molecule has 0 bridgehead atoms. The highest BCUT2D eigenvalue weighted by Gasteiger charge is 2.50. The van der Waals surface area contributed by atoms with Gasteiger partial charge in [0.15, 0.2) is 0 Å². The maximum atomic E-state index is 13.5. The first-order chi connectivity index (χ1) is 14.3. The maximum Gasteiger partial charge on any atom is 0.250 e. The molecule has 2 fully saturated rings. The SMILES string of the molecule is CCCN=S(=O)(CC1CCC(N(C)c2ncnc3[nH]ccc23)CC1)C1CC(F)(F)C1. The molecule has 2 aromatic heterocycles. The fourth-order valence-electron chi connectivity index (χ4n) is 4.76. The van der Waals surface area contributed by atoms with Crippen molar-refractivity contribution in [3.8, 4) is 0 Å². The zero-order valence-electron chi connectivity index (χ0n) is 17.7. The van der Waals surface area contributed by atoms with Crippen LogP contribution in [0.25, 0.3) is 11.0 Å². The third-order valence-electron chi connectivity index (χ3n) is 6.61. The van der Waals surface area contributed by atoms with Crippen LogP contribution in [0.2, 0.25) is 0 Å². The lowest BCUT2D eigenvalue weighted by Gasteiger charge is -2.39. The van der Waals surface area contributed by atoms with Crippen molar-refractivity contribution in [2.75, 3.05) is 24.2 Å². The van der Waals surface area contributed by atoms with Crippen LogP contribution in [-0.4, -0.2) is 55.7 Å². The molecule has 2 aliphatic carbocycles. The van der Waals surface area contributed by atoms with E-state index in [-0.39, 0.29) is 18.8 Å². The van der Waals surface area contributed by atoms with Gasteiger partial charge in [0, 0.05) is 44.4 Å². The molecule has 2 aromatic rings. The summed E-state index contributed by atoms with van der Waals surface area (Å²) in [6.07, 6.45) is 7.54. The summed E-state index contributed by atoms with van der Waals surface area (Å²) >= 11 is 0. The highest BCUT2D eigenvalue weighted by molar-refractivity contribution is 7.94. The van der Waals surface area contributed by atoms with Gasteiger partial charge < -0.3 is 9.88 Å². The number of rotatable bonds is 7. The molecule has 6 nitrogen and oxygen atoms in total. The minimum absolute atomic E-state index is 0.266. The van der Waals surface area contributed by atoms with Crippen LogP contribution in [0.1, 0.15) is 51.9 Å². The summed E-state index contributed by atoms with van der Waals surface area (Å²) in [6.45, 7) is 2.48. The molecule has 9 heteroatoms. The first-order valence-corrected chi connectivity index (χ1v) is 12.6. The maximum absolute atomic E-state index is 13.5. The van der Waals surface area contributed by atoms with E-state index < -0.39 is 20.9 Å². The normalized spacial score (nSPS) is 26.1. The molecule has 2 heterocycles. The summed E-state index contributed by atoms with van der Waals surface area (Å²) in [5.74, 6) is -0.978. The topological polar surface area (TPSA) is 74.2 Å². The second-order valence-electron chi connectivity index (χ2n) is 8.82. The van der Waals surface area contributed by atoms with Crippen LogP contribution >= 0.6 is 0 Å². The van der Waals surface area contributed by atoms with Crippen molar-refractivity contribution in [3.05, 3.63) is 18.6 Å². The van der Waals surface area contributed by atoms with E-state index in [4.69, 9.17) is 0 Å². The Morgan fingerprint density at radius 2 is 2.00 bits per heavy atom. The zero-order chi connectivity index (χ0) is 21.4. The number of nitrogens with zero attached hydrogens (tertiary/aromatic N) is 4. The summed E-state index contributed by atoms with van der Waals surface area (Å²) in [4.78, 5) is 14.1. The molecule has 4 rings (SSSR count). The molecule has 1 unspecified atom stereocenters. The Hall–Kier alpha value is -1.77. The van der Waals surface area contributed by atoms with E-state index in [0.717, 1.165) is 49.0 Å². The average Bonchev–Trinajstić information content (AvgIpc) is 3.19. The van der Waals surface area contributed by atoms with Crippen LogP contribution in [0.4, 0.5) is 14.6 Å². The second-order valence-corrected chi connectivity index (χ2v) is 11.5. The number of nitrogens with one attached hydrogen (secondary N) is 1. The predicted molar refractivity (Wildman–Crippen MR) is 117 cm³/mol. The third kappa shape index (κ3) is 4.31. The lowest BCUT2D eigenvalue weighted by Crippen LogP contribution is -2.46. The molecule has 0 aromatic carbocycles. The van der Waals surface area contributed by atoms with Gasteiger partial charge >= 0.3 is 0 Å². The monoisotopic (exact) mass is 439 g/mol. The summed E-state index contributed by atoms with van der Waals surface area (Å²) in [7, 11) is -0.503. The molecular formula is C21H31F2N5OS. The lowest BCUT2D eigenvalue weighted by molar-refractivity contribution is -0.0680. The van der Waals surface area contributed by atoms with Gasteiger partial charge in [-0.25, -0.2) is 27.3 Å². The Labute approximate surface area is 177 Å². The number of fused-ring (bicyclic) bond motifs is 1. The first kappa shape index (κ1) is 21.5.